The van der Waals surface area contributed by atoms with Crippen LogP contribution >= 0.6 is 0 Å². The summed E-state index contributed by atoms with van der Waals surface area (Å²) in [5, 5.41) is 7.16. The number of ether oxygens (including phenoxy) is 1. The van der Waals surface area contributed by atoms with E-state index < -0.39 is 17.4 Å². The van der Waals surface area contributed by atoms with Gasteiger partial charge in [-0.15, -0.1) is 0 Å². The second kappa shape index (κ2) is 6.16. The van der Waals surface area contributed by atoms with Gasteiger partial charge in [0.05, 0.1) is 11.4 Å². The highest BCUT2D eigenvalue weighted by molar-refractivity contribution is 6.15. The zero-order valence-corrected chi connectivity index (χ0v) is 16.0. The molecule has 0 radical (unpaired) electrons. The molecule has 0 spiro atoms. The lowest BCUT2D eigenvalue weighted by atomic mass is 10.00. The van der Waals surface area contributed by atoms with Gasteiger partial charge in [-0.3, -0.25) is 14.3 Å². The molecule has 26 heavy (non-hydrogen) atoms. The monoisotopic (exact) mass is 356 g/mol. The fourth-order valence-electron chi connectivity index (χ4n) is 3.20. The summed E-state index contributed by atoms with van der Waals surface area (Å²) in [6, 6.07) is 5.47. The third kappa shape index (κ3) is 2.83. The van der Waals surface area contributed by atoms with Crippen molar-refractivity contribution in [3.8, 4) is 5.75 Å². The topological polar surface area (TPSA) is 76.5 Å². The molecule has 1 aliphatic rings. The molecule has 2 amide bonds. The summed E-state index contributed by atoms with van der Waals surface area (Å²) >= 11 is 0. The predicted octanol–water partition coefficient (Wildman–Crippen LogP) is 2.09. The lowest BCUT2D eigenvalue weighted by Crippen LogP contribution is -2.58. The molecule has 138 valence electrons. The quantitative estimate of drug-likeness (QED) is 0.855. The van der Waals surface area contributed by atoms with Gasteiger partial charge in [0, 0.05) is 31.9 Å². The van der Waals surface area contributed by atoms with Crippen molar-refractivity contribution in [2.75, 3.05) is 12.4 Å². The van der Waals surface area contributed by atoms with Gasteiger partial charge in [-0.1, -0.05) is 6.07 Å². The fraction of sp³-hybridized carbons (Fsp3) is 0.421. The third-order valence-corrected chi connectivity index (χ3v) is 4.94. The van der Waals surface area contributed by atoms with Crippen LogP contribution in [0, 0.1) is 20.8 Å². The minimum atomic E-state index is -1.61. The SMILES string of the molecule is Cc1ccc2c(c1)NC(=O)C(C)(C(=O)N(C)Cc1c(C)nn(C)c1C)O2. The Morgan fingerprint density at radius 3 is 2.65 bits per heavy atom. The van der Waals surface area contributed by atoms with Crippen molar-refractivity contribution in [2.45, 2.75) is 39.8 Å². The maximum Gasteiger partial charge on any atom is 0.278 e. The van der Waals surface area contributed by atoms with E-state index in [9.17, 15) is 9.59 Å². The number of likely N-dealkylation sites (N-methyl/N-ethyl adjacent to an activating group) is 1. The van der Waals surface area contributed by atoms with E-state index in [4.69, 9.17) is 4.74 Å². The number of aryl methyl sites for hydroxylation is 3. The minimum absolute atomic E-state index is 0.358. The largest absolute Gasteiger partial charge is 0.466 e. The summed E-state index contributed by atoms with van der Waals surface area (Å²) in [5.74, 6) is -0.371. The number of nitrogens with zero attached hydrogens (tertiary/aromatic N) is 3. The van der Waals surface area contributed by atoms with Crippen LogP contribution in [0.3, 0.4) is 0 Å². The van der Waals surface area contributed by atoms with Gasteiger partial charge in [0.15, 0.2) is 0 Å². The lowest BCUT2D eigenvalue weighted by Gasteiger charge is -2.36. The van der Waals surface area contributed by atoms with Crippen molar-refractivity contribution in [2.24, 2.45) is 7.05 Å². The molecule has 0 fully saturated rings. The van der Waals surface area contributed by atoms with Crippen molar-refractivity contribution in [1.82, 2.24) is 14.7 Å². The second-order valence-corrected chi connectivity index (χ2v) is 7.02. The van der Waals surface area contributed by atoms with Crippen molar-refractivity contribution in [3.63, 3.8) is 0 Å². The van der Waals surface area contributed by atoms with Gasteiger partial charge >= 0.3 is 0 Å². The van der Waals surface area contributed by atoms with E-state index in [0.717, 1.165) is 22.5 Å². The highest BCUT2D eigenvalue weighted by Gasteiger charge is 2.48. The van der Waals surface area contributed by atoms with Crippen LogP contribution in [0.15, 0.2) is 18.2 Å². The van der Waals surface area contributed by atoms with E-state index in [1.54, 1.807) is 17.8 Å². The summed E-state index contributed by atoms with van der Waals surface area (Å²) < 4.78 is 7.63. The molecule has 1 aromatic carbocycles. The molecule has 0 saturated heterocycles. The van der Waals surface area contributed by atoms with Crippen LogP contribution in [-0.2, 0) is 23.2 Å². The first-order valence-corrected chi connectivity index (χ1v) is 8.49. The summed E-state index contributed by atoms with van der Waals surface area (Å²) in [5.41, 5.74) is 2.80. The van der Waals surface area contributed by atoms with Crippen LogP contribution in [0.25, 0.3) is 0 Å². The van der Waals surface area contributed by atoms with Crippen LogP contribution in [0.5, 0.6) is 5.75 Å². The number of hydrogen-bond donors (Lipinski definition) is 1. The first kappa shape index (κ1) is 18.0. The van der Waals surface area contributed by atoms with Crippen molar-refractivity contribution in [1.29, 1.82) is 0 Å². The van der Waals surface area contributed by atoms with E-state index in [2.05, 4.69) is 10.4 Å². The van der Waals surface area contributed by atoms with Gasteiger partial charge in [0.1, 0.15) is 5.75 Å². The number of carbonyl (C=O) groups is 2. The Labute approximate surface area is 152 Å². The maximum atomic E-state index is 13.1. The number of hydrogen-bond acceptors (Lipinski definition) is 4. The number of benzene rings is 1. The predicted molar refractivity (Wildman–Crippen MR) is 98.0 cm³/mol. The van der Waals surface area contributed by atoms with E-state index in [1.807, 2.05) is 40.0 Å². The van der Waals surface area contributed by atoms with Gasteiger partial charge in [-0.05, 0) is 45.4 Å². The Morgan fingerprint density at radius 1 is 1.35 bits per heavy atom. The average molecular weight is 356 g/mol. The van der Waals surface area contributed by atoms with Crippen molar-refractivity contribution in [3.05, 3.63) is 40.7 Å². The third-order valence-electron chi connectivity index (χ3n) is 4.94. The smallest absolute Gasteiger partial charge is 0.278 e. The summed E-state index contributed by atoms with van der Waals surface area (Å²) in [7, 11) is 3.53. The molecule has 7 heteroatoms. The molecule has 3 rings (SSSR count). The molecular formula is C19H24N4O3. The van der Waals surface area contributed by atoms with Crippen molar-refractivity contribution < 1.29 is 14.3 Å². The summed E-state index contributed by atoms with van der Waals surface area (Å²) in [6.45, 7) is 7.66. The molecule has 1 unspecified atom stereocenters. The van der Waals surface area contributed by atoms with Crippen LogP contribution in [0.4, 0.5) is 5.69 Å². The molecule has 0 bridgehead atoms. The highest BCUT2D eigenvalue weighted by atomic mass is 16.5. The number of rotatable bonds is 3. The van der Waals surface area contributed by atoms with Gasteiger partial charge in [-0.2, -0.15) is 5.10 Å². The first-order valence-electron chi connectivity index (χ1n) is 8.49. The Balaban J connectivity index is 1.86. The van der Waals surface area contributed by atoms with Crippen LogP contribution in [0.1, 0.15) is 29.4 Å². The fourth-order valence-corrected chi connectivity index (χ4v) is 3.20. The van der Waals surface area contributed by atoms with Crippen molar-refractivity contribution >= 4 is 17.5 Å². The number of amides is 2. The molecule has 0 aliphatic carbocycles. The molecule has 1 aromatic heterocycles. The molecular weight excluding hydrogens is 332 g/mol. The highest BCUT2D eigenvalue weighted by Crippen LogP contribution is 2.35. The Hall–Kier alpha value is -2.83. The Kier molecular flexibility index (Phi) is 4.26. The van der Waals surface area contributed by atoms with Crippen LogP contribution < -0.4 is 10.1 Å². The summed E-state index contributed by atoms with van der Waals surface area (Å²) in [4.78, 5) is 27.2. The van der Waals surface area contributed by atoms with Crippen LogP contribution in [-0.4, -0.2) is 39.1 Å². The van der Waals surface area contributed by atoms with Gasteiger partial charge in [0.25, 0.3) is 17.4 Å². The number of anilines is 1. The van der Waals surface area contributed by atoms with Crippen LogP contribution in [0.2, 0.25) is 0 Å². The minimum Gasteiger partial charge on any atom is -0.466 e. The first-order chi connectivity index (χ1) is 12.1. The number of fused-ring (bicyclic) bond motifs is 1. The Bertz CT molecular complexity index is 902. The van der Waals surface area contributed by atoms with Gasteiger partial charge in [-0.25, -0.2) is 0 Å². The maximum absolute atomic E-state index is 13.1. The van der Waals surface area contributed by atoms with E-state index in [-0.39, 0.29) is 0 Å². The standard InChI is InChI=1S/C19H24N4O3/c1-11-7-8-16-15(9-11)20-17(24)19(4,26-16)18(25)22(5)10-14-12(2)21-23(6)13(14)3/h7-9H,10H2,1-6H3,(H,20,24). The number of carbonyl (C=O) groups excluding carboxylic acids is 2. The van der Waals surface area contributed by atoms with E-state index in [1.165, 1.54) is 11.8 Å². The van der Waals surface area contributed by atoms with E-state index >= 15 is 0 Å². The second-order valence-electron chi connectivity index (χ2n) is 7.02. The summed E-state index contributed by atoms with van der Waals surface area (Å²) in [6.07, 6.45) is 0. The van der Waals surface area contributed by atoms with E-state index in [0.29, 0.717) is 18.0 Å². The Morgan fingerprint density at radius 2 is 2.04 bits per heavy atom. The number of nitrogens with one attached hydrogen (secondary N) is 1. The molecule has 1 N–H and O–H groups in total. The zero-order chi connectivity index (χ0) is 19.2. The number of aromatic nitrogens is 2. The molecule has 7 nitrogen and oxygen atoms in total. The van der Waals surface area contributed by atoms with Gasteiger partial charge < -0.3 is 15.0 Å². The molecule has 1 atom stereocenters. The normalized spacial score (nSPS) is 18.8. The molecule has 0 saturated carbocycles. The molecule has 1 aliphatic heterocycles. The average Bonchev–Trinajstić information content (AvgIpc) is 2.81. The lowest BCUT2D eigenvalue weighted by molar-refractivity contribution is -0.154. The zero-order valence-electron chi connectivity index (χ0n) is 16.0. The van der Waals surface area contributed by atoms with Gasteiger partial charge in [0.2, 0.25) is 0 Å². The molecule has 2 aromatic rings. The molecule has 2 heterocycles.